The molecule has 0 aliphatic carbocycles. The van der Waals surface area contributed by atoms with Crippen molar-refractivity contribution in [3.8, 4) is 16.5 Å². The summed E-state index contributed by atoms with van der Waals surface area (Å²) in [6, 6.07) is 10.6. The predicted octanol–water partition coefficient (Wildman–Crippen LogP) is 3.54. The molecule has 3 aromatic rings. The minimum Gasteiger partial charge on any atom is -0.481 e. The van der Waals surface area contributed by atoms with E-state index in [1.165, 1.54) is 11.3 Å². The molecule has 0 aliphatic heterocycles. The molecule has 2 heterocycles. The minimum absolute atomic E-state index is 0.144. The Bertz CT molecular complexity index is 802. The quantitative estimate of drug-likeness (QED) is 0.724. The van der Waals surface area contributed by atoms with Crippen LogP contribution < -0.4 is 10.1 Å². The largest absolute Gasteiger partial charge is 0.481 e. The fourth-order valence-electron chi connectivity index (χ4n) is 1.91. The fraction of sp³-hybridized carbons (Fsp3) is 0.188. The van der Waals surface area contributed by atoms with E-state index in [1.807, 2.05) is 17.5 Å². The fourth-order valence-corrected chi connectivity index (χ4v) is 2.68. The van der Waals surface area contributed by atoms with Crippen LogP contribution in [0.25, 0.3) is 10.7 Å². The maximum absolute atomic E-state index is 12.1. The van der Waals surface area contributed by atoms with Crippen LogP contribution in [0, 0.1) is 0 Å². The van der Waals surface area contributed by atoms with Crippen LogP contribution >= 0.6 is 22.9 Å². The van der Waals surface area contributed by atoms with Crippen molar-refractivity contribution >= 4 is 28.8 Å². The monoisotopic (exact) mass is 363 g/mol. The number of thiophene rings is 1. The highest BCUT2D eigenvalue weighted by Crippen LogP contribution is 2.21. The van der Waals surface area contributed by atoms with E-state index in [9.17, 15) is 4.79 Å². The molecule has 0 aliphatic rings. The van der Waals surface area contributed by atoms with Gasteiger partial charge in [-0.2, -0.15) is 4.98 Å². The molecule has 0 bridgehead atoms. The number of carbonyl (C=O) groups is 1. The van der Waals surface area contributed by atoms with E-state index in [-0.39, 0.29) is 12.5 Å². The van der Waals surface area contributed by atoms with Gasteiger partial charge in [-0.25, -0.2) is 0 Å². The highest BCUT2D eigenvalue weighted by Gasteiger charge is 2.16. The Morgan fingerprint density at radius 3 is 2.88 bits per heavy atom. The number of hydrogen-bond acceptors (Lipinski definition) is 6. The standard InChI is InChI=1S/C16H14ClN3O3S/c1-10(22-12-6-4-11(17)5-7-12)16(21)18-9-14-19-15(20-23-14)13-3-2-8-24-13/h2-8,10H,9H2,1H3,(H,18,21). The third-order valence-corrected chi connectivity index (χ3v) is 4.24. The van der Waals surface area contributed by atoms with Gasteiger partial charge in [-0.05, 0) is 42.6 Å². The normalized spacial score (nSPS) is 11.9. The summed E-state index contributed by atoms with van der Waals surface area (Å²) < 4.78 is 10.7. The third kappa shape index (κ3) is 4.12. The number of amides is 1. The van der Waals surface area contributed by atoms with Crippen LogP contribution in [0.3, 0.4) is 0 Å². The Labute approximate surface area is 147 Å². The average molecular weight is 364 g/mol. The summed E-state index contributed by atoms with van der Waals surface area (Å²) >= 11 is 7.33. The maximum Gasteiger partial charge on any atom is 0.261 e. The number of rotatable bonds is 6. The van der Waals surface area contributed by atoms with Crippen molar-refractivity contribution in [2.45, 2.75) is 19.6 Å². The number of benzene rings is 1. The third-order valence-electron chi connectivity index (χ3n) is 3.12. The smallest absolute Gasteiger partial charge is 0.261 e. The molecule has 0 fully saturated rings. The second-order valence-electron chi connectivity index (χ2n) is 4.92. The van der Waals surface area contributed by atoms with Crippen LogP contribution in [-0.4, -0.2) is 22.2 Å². The van der Waals surface area contributed by atoms with Crippen molar-refractivity contribution in [3.05, 3.63) is 52.7 Å². The van der Waals surface area contributed by atoms with Crippen LogP contribution in [0.1, 0.15) is 12.8 Å². The molecule has 2 aromatic heterocycles. The first-order chi connectivity index (χ1) is 11.6. The average Bonchev–Trinajstić information content (AvgIpc) is 3.25. The number of carbonyl (C=O) groups excluding carboxylic acids is 1. The Morgan fingerprint density at radius 2 is 2.17 bits per heavy atom. The van der Waals surface area contributed by atoms with Crippen molar-refractivity contribution in [2.24, 2.45) is 0 Å². The molecule has 1 amide bonds. The van der Waals surface area contributed by atoms with E-state index >= 15 is 0 Å². The Morgan fingerprint density at radius 1 is 1.38 bits per heavy atom. The van der Waals surface area contributed by atoms with E-state index in [0.29, 0.717) is 22.5 Å². The molecule has 8 heteroatoms. The summed E-state index contributed by atoms with van der Waals surface area (Å²) in [6.07, 6.45) is -0.661. The zero-order chi connectivity index (χ0) is 16.9. The van der Waals surface area contributed by atoms with Gasteiger partial charge in [0.15, 0.2) is 6.10 Å². The molecule has 0 saturated heterocycles. The molecule has 1 aromatic carbocycles. The van der Waals surface area contributed by atoms with E-state index in [0.717, 1.165) is 4.88 Å². The van der Waals surface area contributed by atoms with E-state index in [1.54, 1.807) is 31.2 Å². The van der Waals surface area contributed by atoms with Crippen LogP contribution in [-0.2, 0) is 11.3 Å². The van der Waals surface area contributed by atoms with Crippen LogP contribution in [0.15, 0.2) is 46.3 Å². The molecule has 1 unspecified atom stereocenters. The lowest BCUT2D eigenvalue weighted by atomic mass is 10.3. The van der Waals surface area contributed by atoms with Crippen LogP contribution in [0.4, 0.5) is 0 Å². The van der Waals surface area contributed by atoms with Gasteiger partial charge >= 0.3 is 0 Å². The predicted molar refractivity (Wildman–Crippen MR) is 91.0 cm³/mol. The van der Waals surface area contributed by atoms with Gasteiger partial charge in [0.25, 0.3) is 5.91 Å². The van der Waals surface area contributed by atoms with Gasteiger partial charge in [0, 0.05) is 5.02 Å². The van der Waals surface area contributed by atoms with Gasteiger partial charge in [0.2, 0.25) is 11.7 Å². The SMILES string of the molecule is CC(Oc1ccc(Cl)cc1)C(=O)NCc1nc(-c2cccs2)no1. The van der Waals surface area contributed by atoms with Crippen molar-refractivity contribution in [2.75, 3.05) is 0 Å². The highest BCUT2D eigenvalue weighted by molar-refractivity contribution is 7.13. The molecule has 24 heavy (non-hydrogen) atoms. The van der Waals surface area contributed by atoms with Gasteiger partial charge in [-0.3, -0.25) is 4.79 Å². The maximum atomic E-state index is 12.1. The molecule has 1 N–H and O–H groups in total. The first-order valence-electron chi connectivity index (χ1n) is 7.18. The second-order valence-corrected chi connectivity index (χ2v) is 6.30. The molecule has 1 atom stereocenters. The number of ether oxygens (including phenoxy) is 1. The van der Waals surface area contributed by atoms with Crippen molar-refractivity contribution in [3.63, 3.8) is 0 Å². The van der Waals surface area contributed by atoms with Gasteiger partial charge in [0.05, 0.1) is 11.4 Å². The molecule has 3 rings (SSSR count). The zero-order valence-corrected chi connectivity index (χ0v) is 14.3. The van der Waals surface area contributed by atoms with Crippen molar-refractivity contribution in [1.29, 1.82) is 0 Å². The van der Waals surface area contributed by atoms with Crippen molar-refractivity contribution in [1.82, 2.24) is 15.5 Å². The summed E-state index contributed by atoms with van der Waals surface area (Å²) in [5, 5.41) is 9.13. The lowest BCUT2D eigenvalue weighted by Gasteiger charge is -2.13. The van der Waals surface area contributed by atoms with Gasteiger partial charge in [0.1, 0.15) is 5.75 Å². The lowest BCUT2D eigenvalue weighted by Crippen LogP contribution is -2.35. The van der Waals surface area contributed by atoms with E-state index in [2.05, 4.69) is 15.5 Å². The number of aromatic nitrogens is 2. The number of nitrogens with zero attached hydrogens (tertiary/aromatic N) is 2. The van der Waals surface area contributed by atoms with Crippen LogP contribution in [0.5, 0.6) is 5.75 Å². The second kappa shape index (κ2) is 7.46. The van der Waals surface area contributed by atoms with Crippen LogP contribution in [0.2, 0.25) is 5.02 Å². The van der Waals surface area contributed by atoms with Crippen molar-refractivity contribution < 1.29 is 14.1 Å². The number of halogens is 1. The first-order valence-corrected chi connectivity index (χ1v) is 8.44. The zero-order valence-electron chi connectivity index (χ0n) is 12.7. The van der Waals surface area contributed by atoms with E-state index in [4.69, 9.17) is 20.9 Å². The Kier molecular flexibility index (Phi) is 5.12. The molecule has 0 spiro atoms. The van der Waals surface area contributed by atoms with Gasteiger partial charge < -0.3 is 14.6 Å². The molecule has 6 nitrogen and oxygen atoms in total. The molecule has 124 valence electrons. The summed E-state index contributed by atoms with van der Waals surface area (Å²) in [4.78, 5) is 17.2. The topological polar surface area (TPSA) is 77.2 Å². The highest BCUT2D eigenvalue weighted by atomic mass is 35.5. The Hall–Kier alpha value is -2.38. The molecule has 0 radical (unpaired) electrons. The summed E-state index contributed by atoms with van der Waals surface area (Å²) in [7, 11) is 0. The first kappa shape index (κ1) is 16.5. The summed E-state index contributed by atoms with van der Waals surface area (Å²) in [5.74, 6) is 1.14. The number of hydrogen-bond donors (Lipinski definition) is 1. The number of nitrogens with one attached hydrogen (secondary N) is 1. The minimum atomic E-state index is -0.661. The molecular formula is C16H14ClN3O3S. The Balaban J connectivity index is 1.52. The van der Waals surface area contributed by atoms with Gasteiger partial charge in [-0.15, -0.1) is 11.3 Å². The lowest BCUT2D eigenvalue weighted by molar-refractivity contribution is -0.127. The van der Waals surface area contributed by atoms with Gasteiger partial charge in [-0.1, -0.05) is 22.8 Å². The summed E-state index contributed by atoms with van der Waals surface area (Å²) in [6.45, 7) is 1.81. The summed E-state index contributed by atoms with van der Waals surface area (Å²) in [5.41, 5.74) is 0. The van der Waals surface area contributed by atoms with E-state index < -0.39 is 6.10 Å². The molecule has 0 saturated carbocycles. The molecular weight excluding hydrogens is 350 g/mol.